The Bertz CT molecular complexity index is 880. The van der Waals surface area contributed by atoms with Crippen molar-refractivity contribution in [3.05, 3.63) is 89.6 Å². The first-order valence-electron chi connectivity index (χ1n) is 8.11. The number of hydrogen-bond donors (Lipinski definition) is 2. The highest BCUT2D eigenvalue weighted by Gasteiger charge is 2.06. The maximum atomic E-state index is 13.2. The van der Waals surface area contributed by atoms with E-state index in [0.717, 1.165) is 5.56 Å². The molecule has 26 heavy (non-hydrogen) atoms. The number of halogens is 2. The van der Waals surface area contributed by atoms with Crippen molar-refractivity contribution in [3.8, 4) is 0 Å². The Kier molecular flexibility index (Phi) is 5.53. The Morgan fingerprint density at radius 3 is 2.46 bits per heavy atom. The minimum Gasteiger partial charge on any atom is -0.352 e. The van der Waals surface area contributed by atoms with Crippen LogP contribution in [0.15, 0.2) is 66.9 Å². The van der Waals surface area contributed by atoms with E-state index in [1.54, 1.807) is 36.4 Å². The van der Waals surface area contributed by atoms with Gasteiger partial charge in [-0.25, -0.2) is 13.8 Å². The fourth-order valence-electron chi connectivity index (χ4n) is 2.39. The SMILES string of the molecule is O=C(NCCc1ccc(F)cc1)c1ccc(Nc2cccc(F)c2)nc1. The molecule has 3 aromatic rings. The molecule has 0 radical (unpaired) electrons. The van der Waals surface area contributed by atoms with Crippen LogP contribution in [0.1, 0.15) is 15.9 Å². The molecule has 1 heterocycles. The average Bonchev–Trinajstić information content (AvgIpc) is 2.64. The summed E-state index contributed by atoms with van der Waals surface area (Å²) in [4.78, 5) is 16.3. The molecule has 1 amide bonds. The molecular weight excluding hydrogens is 336 g/mol. The second kappa shape index (κ2) is 8.20. The first-order chi connectivity index (χ1) is 12.6. The van der Waals surface area contributed by atoms with Crippen molar-refractivity contribution >= 4 is 17.4 Å². The minimum atomic E-state index is -0.341. The van der Waals surface area contributed by atoms with E-state index in [-0.39, 0.29) is 17.5 Å². The first kappa shape index (κ1) is 17.5. The van der Waals surface area contributed by atoms with E-state index in [0.29, 0.717) is 30.0 Å². The van der Waals surface area contributed by atoms with Gasteiger partial charge >= 0.3 is 0 Å². The predicted octanol–water partition coefficient (Wildman–Crippen LogP) is 4.08. The first-order valence-corrected chi connectivity index (χ1v) is 8.11. The Hall–Kier alpha value is -3.28. The number of carbonyl (C=O) groups is 1. The number of anilines is 2. The molecule has 0 aliphatic rings. The quantitative estimate of drug-likeness (QED) is 0.702. The molecule has 2 N–H and O–H groups in total. The number of benzene rings is 2. The summed E-state index contributed by atoms with van der Waals surface area (Å²) in [5, 5.41) is 5.76. The van der Waals surface area contributed by atoms with E-state index < -0.39 is 0 Å². The van der Waals surface area contributed by atoms with Crippen molar-refractivity contribution < 1.29 is 13.6 Å². The van der Waals surface area contributed by atoms with Gasteiger partial charge in [-0.1, -0.05) is 18.2 Å². The van der Waals surface area contributed by atoms with Gasteiger partial charge < -0.3 is 10.6 Å². The molecule has 0 fully saturated rings. The van der Waals surface area contributed by atoms with E-state index in [1.165, 1.54) is 30.5 Å². The van der Waals surface area contributed by atoms with Gasteiger partial charge in [-0.3, -0.25) is 4.79 Å². The fraction of sp³-hybridized carbons (Fsp3) is 0.100. The van der Waals surface area contributed by atoms with E-state index in [2.05, 4.69) is 15.6 Å². The van der Waals surface area contributed by atoms with Gasteiger partial charge in [-0.05, 0) is 54.4 Å². The summed E-state index contributed by atoms with van der Waals surface area (Å²) in [6.07, 6.45) is 2.06. The third-order valence-corrected chi connectivity index (χ3v) is 3.74. The molecule has 0 atom stereocenters. The average molecular weight is 353 g/mol. The van der Waals surface area contributed by atoms with Crippen LogP contribution in [-0.2, 0) is 6.42 Å². The number of amides is 1. The lowest BCUT2D eigenvalue weighted by Crippen LogP contribution is -2.25. The molecule has 0 saturated carbocycles. The fourth-order valence-corrected chi connectivity index (χ4v) is 2.39. The van der Waals surface area contributed by atoms with Crippen LogP contribution >= 0.6 is 0 Å². The zero-order valence-corrected chi connectivity index (χ0v) is 13.9. The van der Waals surface area contributed by atoms with Gasteiger partial charge in [0.25, 0.3) is 5.91 Å². The summed E-state index contributed by atoms with van der Waals surface area (Å²) < 4.78 is 26.0. The second-order valence-electron chi connectivity index (χ2n) is 5.70. The zero-order chi connectivity index (χ0) is 18.4. The van der Waals surface area contributed by atoms with Gasteiger partial charge in [0.1, 0.15) is 17.5 Å². The largest absolute Gasteiger partial charge is 0.352 e. The summed E-state index contributed by atoms with van der Waals surface area (Å²) >= 11 is 0. The van der Waals surface area contributed by atoms with Crippen LogP contribution in [0.25, 0.3) is 0 Å². The molecule has 0 aliphatic heterocycles. The summed E-state index contributed by atoms with van der Waals surface area (Å²) in [7, 11) is 0. The van der Waals surface area contributed by atoms with Crippen LogP contribution < -0.4 is 10.6 Å². The molecule has 0 saturated heterocycles. The predicted molar refractivity (Wildman–Crippen MR) is 96.4 cm³/mol. The molecular formula is C20H17F2N3O. The standard InChI is InChI=1S/C20H17F2N3O/c21-16-7-4-14(5-8-16)10-11-23-20(26)15-6-9-19(24-13-15)25-18-3-1-2-17(22)12-18/h1-9,12-13H,10-11H2,(H,23,26)(H,24,25). The van der Waals surface area contributed by atoms with Crippen molar-refractivity contribution in [1.82, 2.24) is 10.3 Å². The number of carbonyl (C=O) groups excluding carboxylic acids is 1. The monoisotopic (exact) mass is 353 g/mol. The molecule has 2 aromatic carbocycles. The number of aromatic nitrogens is 1. The number of hydrogen-bond acceptors (Lipinski definition) is 3. The van der Waals surface area contributed by atoms with E-state index in [9.17, 15) is 13.6 Å². The lowest BCUT2D eigenvalue weighted by Gasteiger charge is -2.08. The molecule has 4 nitrogen and oxygen atoms in total. The maximum Gasteiger partial charge on any atom is 0.252 e. The van der Waals surface area contributed by atoms with Gasteiger partial charge in [0.05, 0.1) is 5.56 Å². The minimum absolute atomic E-state index is 0.239. The van der Waals surface area contributed by atoms with Crippen LogP contribution in [0.5, 0.6) is 0 Å². The number of nitrogens with zero attached hydrogens (tertiary/aromatic N) is 1. The van der Waals surface area contributed by atoms with Crippen molar-refractivity contribution in [2.24, 2.45) is 0 Å². The normalized spacial score (nSPS) is 10.4. The Morgan fingerprint density at radius 2 is 1.77 bits per heavy atom. The zero-order valence-electron chi connectivity index (χ0n) is 13.9. The lowest BCUT2D eigenvalue weighted by atomic mass is 10.1. The van der Waals surface area contributed by atoms with Crippen molar-refractivity contribution in [1.29, 1.82) is 0 Å². The third-order valence-electron chi connectivity index (χ3n) is 3.74. The lowest BCUT2D eigenvalue weighted by molar-refractivity contribution is 0.0954. The molecule has 0 bridgehead atoms. The van der Waals surface area contributed by atoms with Gasteiger partial charge in [0, 0.05) is 18.4 Å². The number of nitrogens with one attached hydrogen (secondary N) is 2. The van der Waals surface area contributed by atoms with Crippen LogP contribution in [0, 0.1) is 11.6 Å². The molecule has 3 rings (SSSR count). The van der Waals surface area contributed by atoms with E-state index in [4.69, 9.17) is 0 Å². The number of rotatable bonds is 6. The van der Waals surface area contributed by atoms with Crippen molar-refractivity contribution in [3.63, 3.8) is 0 Å². The molecule has 132 valence electrons. The molecule has 0 spiro atoms. The number of pyridine rings is 1. The van der Waals surface area contributed by atoms with E-state index >= 15 is 0 Å². The highest BCUT2D eigenvalue weighted by Crippen LogP contribution is 2.15. The van der Waals surface area contributed by atoms with Crippen LogP contribution in [0.4, 0.5) is 20.3 Å². The van der Waals surface area contributed by atoms with Gasteiger partial charge in [-0.2, -0.15) is 0 Å². The maximum absolute atomic E-state index is 13.2. The summed E-state index contributed by atoms with van der Waals surface area (Å²) in [6, 6.07) is 15.5. The van der Waals surface area contributed by atoms with Gasteiger partial charge in [0.2, 0.25) is 0 Å². The van der Waals surface area contributed by atoms with Crippen molar-refractivity contribution in [2.45, 2.75) is 6.42 Å². The van der Waals surface area contributed by atoms with Crippen LogP contribution in [0.3, 0.4) is 0 Å². The van der Waals surface area contributed by atoms with Crippen LogP contribution in [-0.4, -0.2) is 17.4 Å². The summed E-state index contributed by atoms with van der Waals surface area (Å²) in [5.41, 5.74) is 1.95. The molecule has 0 aliphatic carbocycles. The van der Waals surface area contributed by atoms with Crippen molar-refractivity contribution in [2.75, 3.05) is 11.9 Å². The Morgan fingerprint density at radius 1 is 0.962 bits per heavy atom. The molecule has 1 aromatic heterocycles. The van der Waals surface area contributed by atoms with Gasteiger partial charge in [-0.15, -0.1) is 0 Å². The third kappa shape index (κ3) is 4.86. The molecule has 0 unspecified atom stereocenters. The van der Waals surface area contributed by atoms with Crippen LogP contribution in [0.2, 0.25) is 0 Å². The topological polar surface area (TPSA) is 54.0 Å². The summed E-state index contributed by atoms with van der Waals surface area (Å²) in [5.74, 6) is -0.349. The second-order valence-corrected chi connectivity index (χ2v) is 5.70. The Labute approximate surface area is 149 Å². The highest BCUT2D eigenvalue weighted by atomic mass is 19.1. The smallest absolute Gasteiger partial charge is 0.252 e. The molecule has 6 heteroatoms. The summed E-state index contributed by atoms with van der Waals surface area (Å²) in [6.45, 7) is 0.438. The Balaban J connectivity index is 1.52. The van der Waals surface area contributed by atoms with Gasteiger partial charge in [0.15, 0.2) is 0 Å². The highest BCUT2D eigenvalue weighted by molar-refractivity contribution is 5.94. The van der Waals surface area contributed by atoms with E-state index in [1.807, 2.05) is 0 Å².